The summed E-state index contributed by atoms with van der Waals surface area (Å²) in [6.45, 7) is 6.95. The largest absolute Gasteiger partial charge is 0.442 e. The Balaban J connectivity index is 1.69. The maximum absolute atomic E-state index is 12.9. The Morgan fingerprint density at radius 3 is 2.82 bits per heavy atom. The monoisotopic (exact) mass is 378 g/mol. The van der Waals surface area contributed by atoms with Crippen LogP contribution in [-0.4, -0.2) is 20.0 Å². The normalized spacial score (nSPS) is 11.6. The summed E-state index contributed by atoms with van der Waals surface area (Å²) < 4.78 is 9.05. The van der Waals surface area contributed by atoms with E-state index in [2.05, 4.69) is 34.9 Å². The molecule has 1 amide bonds. The summed E-state index contributed by atoms with van der Waals surface area (Å²) in [4.78, 5) is 29.5. The summed E-state index contributed by atoms with van der Waals surface area (Å²) in [6.07, 6.45) is 3.43. The van der Waals surface area contributed by atoms with Crippen LogP contribution in [-0.2, 0) is 13.6 Å². The third-order valence-corrected chi connectivity index (χ3v) is 4.77. The van der Waals surface area contributed by atoms with Gasteiger partial charge in [-0.3, -0.25) is 9.59 Å². The van der Waals surface area contributed by atoms with Gasteiger partial charge in [-0.05, 0) is 37.1 Å². The highest BCUT2D eigenvalue weighted by Crippen LogP contribution is 2.25. The summed E-state index contributed by atoms with van der Waals surface area (Å²) in [5.74, 6) is 0.526. The SMILES string of the molecule is Cc1oc2ncn(C)c(=O)c2c1C(=O)Nc1ccc2c(ccn2CC(C)C)c1. The smallest absolute Gasteiger partial charge is 0.265 e. The van der Waals surface area contributed by atoms with Crippen LogP contribution < -0.4 is 10.9 Å². The summed E-state index contributed by atoms with van der Waals surface area (Å²) in [6, 6.07) is 7.82. The van der Waals surface area contributed by atoms with E-state index >= 15 is 0 Å². The van der Waals surface area contributed by atoms with Crippen molar-refractivity contribution in [2.24, 2.45) is 13.0 Å². The van der Waals surface area contributed by atoms with Gasteiger partial charge in [0.1, 0.15) is 17.5 Å². The molecule has 1 N–H and O–H groups in total. The number of rotatable bonds is 4. The number of fused-ring (bicyclic) bond motifs is 2. The fraction of sp³-hybridized carbons (Fsp3) is 0.286. The van der Waals surface area contributed by atoms with Crippen molar-refractivity contribution < 1.29 is 9.21 Å². The van der Waals surface area contributed by atoms with Gasteiger partial charge in [0.2, 0.25) is 5.71 Å². The number of aromatic nitrogens is 3. The van der Waals surface area contributed by atoms with Gasteiger partial charge in [0.05, 0.1) is 5.56 Å². The van der Waals surface area contributed by atoms with E-state index in [4.69, 9.17) is 4.42 Å². The zero-order valence-corrected chi connectivity index (χ0v) is 16.3. The second kappa shape index (κ2) is 6.67. The topological polar surface area (TPSA) is 82.1 Å². The predicted octanol–water partition coefficient (Wildman–Crippen LogP) is 3.70. The summed E-state index contributed by atoms with van der Waals surface area (Å²) >= 11 is 0. The molecule has 3 heterocycles. The number of anilines is 1. The second-order valence-corrected chi connectivity index (χ2v) is 7.46. The van der Waals surface area contributed by atoms with E-state index in [-0.39, 0.29) is 28.1 Å². The number of nitrogens with zero attached hydrogens (tertiary/aromatic N) is 3. The Bertz CT molecular complexity index is 1260. The fourth-order valence-electron chi connectivity index (χ4n) is 3.48. The van der Waals surface area contributed by atoms with Crippen molar-refractivity contribution in [3.8, 4) is 0 Å². The van der Waals surface area contributed by atoms with Gasteiger partial charge in [-0.2, -0.15) is 0 Å². The number of aryl methyl sites for hydroxylation is 2. The number of hydrogen-bond acceptors (Lipinski definition) is 4. The molecule has 0 saturated carbocycles. The van der Waals surface area contributed by atoms with Crippen LogP contribution in [0.5, 0.6) is 0 Å². The number of carbonyl (C=O) groups is 1. The molecule has 7 nitrogen and oxygen atoms in total. The average molecular weight is 378 g/mol. The molecular formula is C21H22N4O3. The minimum atomic E-state index is -0.387. The predicted molar refractivity (Wildman–Crippen MR) is 109 cm³/mol. The third-order valence-electron chi connectivity index (χ3n) is 4.77. The Kier molecular flexibility index (Phi) is 4.30. The lowest BCUT2D eigenvalue weighted by Gasteiger charge is -2.09. The Morgan fingerprint density at radius 1 is 1.29 bits per heavy atom. The van der Waals surface area contributed by atoms with Gasteiger partial charge in [-0.25, -0.2) is 4.98 Å². The molecule has 0 spiro atoms. The molecule has 0 radical (unpaired) electrons. The van der Waals surface area contributed by atoms with Crippen molar-refractivity contribution in [2.45, 2.75) is 27.3 Å². The molecular weight excluding hydrogens is 356 g/mol. The molecule has 144 valence electrons. The zero-order valence-electron chi connectivity index (χ0n) is 16.3. The second-order valence-electron chi connectivity index (χ2n) is 7.46. The van der Waals surface area contributed by atoms with Crippen LogP contribution >= 0.6 is 0 Å². The molecule has 4 aromatic rings. The quantitative estimate of drug-likeness (QED) is 0.587. The minimum absolute atomic E-state index is 0.173. The number of carbonyl (C=O) groups excluding carboxylic acids is 1. The first-order valence-electron chi connectivity index (χ1n) is 9.20. The molecule has 3 aromatic heterocycles. The molecule has 28 heavy (non-hydrogen) atoms. The van der Waals surface area contributed by atoms with Gasteiger partial charge in [0.15, 0.2) is 0 Å². The van der Waals surface area contributed by atoms with Crippen LogP contribution in [0.2, 0.25) is 0 Å². The van der Waals surface area contributed by atoms with Crippen LogP contribution in [0.3, 0.4) is 0 Å². The molecule has 0 saturated heterocycles. The summed E-state index contributed by atoms with van der Waals surface area (Å²) in [5.41, 5.74) is 1.87. The minimum Gasteiger partial charge on any atom is -0.442 e. The van der Waals surface area contributed by atoms with Gasteiger partial charge < -0.3 is 18.9 Å². The molecule has 0 atom stereocenters. The maximum atomic E-state index is 12.9. The van der Waals surface area contributed by atoms with E-state index in [0.717, 1.165) is 17.4 Å². The van der Waals surface area contributed by atoms with Crippen LogP contribution in [0, 0.1) is 12.8 Å². The maximum Gasteiger partial charge on any atom is 0.265 e. The van der Waals surface area contributed by atoms with Gasteiger partial charge in [0.25, 0.3) is 11.5 Å². The Morgan fingerprint density at radius 2 is 2.07 bits per heavy atom. The molecule has 0 bridgehead atoms. The standard InChI is InChI=1S/C21H22N4O3/c1-12(2)10-25-8-7-14-9-15(5-6-16(14)25)23-19(26)17-13(3)28-20-18(17)21(27)24(4)11-22-20/h5-9,11-12H,10H2,1-4H3,(H,23,26). The van der Waals surface area contributed by atoms with E-state index in [1.165, 1.54) is 10.9 Å². The highest BCUT2D eigenvalue weighted by atomic mass is 16.3. The molecule has 1 aromatic carbocycles. The highest BCUT2D eigenvalue weighted by Gasteiger charge is 2.22. The Hall–Kier alpha value is -3.35. The third kappa shape index (κ3) is 2.98. The number of benzene rings is 1. The van der Waals surface area contributed by atoms with E-state index in [0.29, 0.717) is 17.4 Å². The van der Waals surface area contributed by atoms with Gasteiger partial charge in [-0.1, -0.05) is 13.8 Å². The van der Waals surface area contributed by atoms with Crippen molar-refractivity contribution in [1.82, 2.24) is 14.1 Å². The molecule has 0 aliphatic heterocycles. The summed E-state index contributed by atoms with van der Waals surface area (Å²) in [5, 5.41) is 4.13. The number of nitrogens with one attached hydrogen (secondary N) is 1. The molecule has 0 aliphatic carbocycles. The molecule has 0 unspecified atom stereocenters. The van der Waals surface area contributed by atoms with E-state index in [9.17, 15) is 9.59 Å². The zero-order chi connectivity index (χ0) is 20.0. The lowest BCUT2D eigenvalue weighted by Crippen LogP contribution is -2.20. The highest BCUT2D eigenvalue weighted by molar-refractivity contribution is 6.13. The van der Waals surface area contributed by atoms with Crippen LogP contribution in [0.4, 0.5) is 5.69 Å². The summed E-state index contributed by atoms with van der Waals surface area (Å²) in [7, 11) is 1.59. The molecule has 0 aliphatic rings. The van der Waals surface area contributed by atoms with E-state index in [1.54, 1.807) is 14.0 Å². The average Bonchev–Trinajstić information content (AvgIpc) is 3.18. The lowest BCUT2D eigenvalue weighted by atomic mass is 10.1. The van der Waals surface area contributed by atoms with Gasteiger partial charge in [0, 0.05) is 36.4 Å². The fourth-order valence-corrected chi connectivity index (χ4v) is 3.48. The first-order chi connectivity index (χ1) is 13.3. The van der Waals surface area contributed by atoms with E-state index < -0.39 is 0 Å². The van der Waals surface area contributed by atoms with Crippen LogP contribution in [0.25, 0.3) is 22.0 Å². The van der Waals surface area contributed by atoms with Crippen molar-refractivity contribution in [2.75, 3.05) is 5.32 Å². The van der Waals surface area contributed by atoms with Gasteiger partial charge in [-0.15, -0.1) is 0 Å². The molecule has 0 fully saturated rings. The van der Waals surface area contributed by atoms with Crippen LogP contribution in [0.15, 0.2) is 46.0 Å². The molecule has 7 heteroatoms. The Labute approximate surface area is 161 Å². The molecule has 4 rings (SSSR count). The van der Waals surface area contributed by atoms with Crippen molar-refractivity contribution >= 4 is 33.6 Å². The van der Waals surface area contributed by atoms with Crippen LogP contribution in [0.1, 0.15) is 30.0 Å². The van der Waals surface area contributed by atoms with E-state index in [1.807, 2.05) is 24.3 Å². The first-order valence-corrected chi connectivity index (χ1v) is 9.20. The number of hydrogen-bond donors (Lipinski definition) is 1. The van der Waals surface area contributed by atoms with Crippen molar-refractivity contribution in [3.05, 3.63) is 58.5 Å². The van der Waals surface area contributed by atoms with Crippen molar-refractivity contribution in [1.29, 1.82) is 0 Å². The first kappa shape index (κ1) is 18.0. The van der Waals surface area contributed by atoms with Gasteiger partial charge >= 0.3 is 0 Å². The lowest BCUT2D eigenvalue weighted by molar-refractivity contribution is 0.102. The van der Waals surface area contributed by atoms with Crippen molar-refractivity contribution in [3.63, 3.8) is 0 Å². The number of amides is 1. The number of furan rings is 1.